The summed E-state index contributed by atoms with van der Waals surface area (Å²) in [6.07, 6.45) is 2.61. The van der Waals surface area contributed by atoms with E-state index in [2.05, 4.69) is 25.4 Å². The maximum atomic E-state index is 13.2. The molecule has 2 aliphatic heterocycles. The molecule has 286 valence electrons. The molecule has 1 saturated carbocycles. The topological polar surface area (TPSA) is 110 Å². The van der Waals surface area contributed by atoms with Gasteiger partial charge in [0.2, 0.25) is 5.69 Å². The number of nitrogens with one attached hydrogen (secondary N) is 1. The lowest BCUT2D eigenvalue weighted by atomic mass is 9.77. The van der Waals surface area contributed by atoms with Crippen molar-refractivity contribution in [3.63, 3.8) is 0 Å². The highest BCUT2D eigenvalue weighted by molar-refractivity contribution is 8.68. The summed E-state index contributed by atoms with van der Waals surface area (Å²) >= 11 is 7.91. The van der Waals surface area contributed by atoms with Crippen LogP contribution in [0.4, 0.5) is 0 Å². The van der Waals surface area contributed by atoms with Crippen molar-refractivity contribution in [2.45, 2.75) is 81.3 Å². The zero-order chi connectivity index (χ0) is 38.3. The van der Waals surface area contributed by atoms with E-state index in [0.29, 0.717) is 29.4 Å². The highest BCUT2D eigenvalue weighted by atomic mass is 32.9. The van der Waals surface area contributed by atoms with Gasteiger partial charge in [-0.2, -0.15) is 0 Å². The van der Waals surface area contributed by atoms with Gasteiger partial charge < -0.3 is 28.0 Å². The van der Waals surface area contributed by atoms with Gasteiger partial charge in [-0.1, -0.05) is 78.1 Å². The monoisotopic (exact) mass is 790 g/mol. The Kier molecular flexibility index (Phi) is 11.2. The number of aryl methyl sites for hydroxylation is 1. The molecule has 0 radical (unpaired) electrons. The summed E-state index contributed by atoms with van der Waals surface area (Å²) in [5, 5.41) is 0.173. The molecule has 1 unspecified atom stereocenters. The Balaban J connectivity index is 1.27. The first-order chi connectivity index (χ1) is 25.9. The molecule has 3 heterocycles. The summed E-state index contributed by atoms with van der Waals surface area (Å²) in [7, 11) is 3.27. The Hall–Kier alpha value is -3.48. The molecule has 3 aliphatic rings. The minimum Gasteiger partial charge on any atom is -0.497 e. The number of allylic oxidation sites excluding steroid dienone is 1. The van der Waals surface area contributed by atoms with E-state index in [0.717, 1.165) is 36.0 Å². The standard InChI is InChI=1S/C41H47N2O8PS2/c1-26(2)28-20-21-40(4)36(22-28)54-52(53,51-40)50-34-23-37(43-24-27(3)38(44)42-39(43)45)49-35(34)25-48-41(29-10-8-7-9-11-29,30-12-16-32(46-5)17-13-30)31-14-18-33(47-6)19-15-31/h7-19,24,28,34-37H,1,20-23,25H2,2-6H3,(H,42,44,45)/t28-,34-,35+,36+,37+,40+,52?/m0/s1. The van der Waals surface area contributed by atoms with Crippen LogP contribution in [0.1, 0.15) is 68.0 Å². The molecule has 4 aromatic rings. The Bertz CT molecular complexity index is 2090. The first-order valence-electron chi connectivity index (χ1n) is 18.2. The third kappa shape index (κ3) is 7.54. The third-order valence-corrected chi connectivity index (χ3v) is 16.6. The molecule has 3 fully saturated rings. The van der Waals surface area contributed by atoms with Gasteiger partial charge in [0.15, 0.2) is 0 Å². The number of benzene rings is 3. The molecule has 13 heteroatoms. The molecule has 3 aromatic carbocycles. The summed E-state index contributed by atoms with van der Waals surface area (Å²) in [6.45, 7) is 10.2. The normalized spacial score (nSPS) is 28.1. The molecular formula is C41H47N2O8PS2. The van der Waals surface area contributed by atoms with Gasteiger partial charge >= 0.3 is 5.69 Å². The van der Waals surface area contributed by atoms with Gasteiger partial charge in [-0.15, -0.1) is 0 Å². The zero-order valence-electron chi connectivity index (χ0n) is 31.2. The number of hydrogen-bond donors (Lipinski definition) is 1. The molecule has 0 spiro atoms. The van der Waals surface area contributed by atoms with Crippen LogP contribution >= 0.6 is 17.1 Å². The number of ether oxygens (including phenoxy) is 4. The lowest BCUT2D eigenvalue weighted by molar-refractivity contribution is -0.0921. The number of hydrogen-bond acceptors (Lipinski definition) is 10. The van der Waals surface area contributed by atoms with Gasteiger partial charge in [-0.3, -0.25) is 14.3 Å². The van der Waals surface area contributed by atoms with Crippen LogP contribution < -0.4 is 20.7 Å². The average Bonchev–Trinajstić information content (AvgIpc) is 3.69. The number of nitrogens with zero attached hydrogens (tertiary/aromatic N) is 1. The molecular weight excluding hydrogens is 744 g/mol. The van der Waals surface area contributed by atoms with Crippen LogP contribution in [-0.4, -0.2) is 53.4 Å². The molecule has 1 aliphatic carbocycles. The van der Waals surface area contributed by atoms with Gasteiger partial charge in [0.1, 0.15) is 29.4 Å². The molecule has 7 rings (SSSR count). The zero-order valence-corrected chi connectivity index (χ0v) is 33.7. The Morgan fingerprint density at radius 2 is 1.61 bits per heavy atom. The Labute approximate surface area is 325 Å². The van der Waals surface area contributed by atoms with Gasteiger partial charge in [0, 0.05) is 23.4 Å². The van der Waals surface area contributed by atoms with Gasteiger partial charge in [0.05, 0.1) is 32.5 Å². The second kappa shape index (κ2) is 15.6. The van der Waals surface area contributed by atoms with E-state index in [1.165, 1.54) is 16.3 Å². The van der Waals surface area contributed by atoms with Crippen LogP contribution in [0.5, 0.6) is 11.5 Å². The number of fused-ring (bicyclic) bond motifs is 1. The van der Waals surface area contributed by atoms with Crippen molar-refractivity contribution in [1.82, 2.24) is 9.55 Å². The minimum atomic E-state index is -2.88. The van der Waals surface area contributed by atoms with Gasteiger partial charge in [-0.25, -0.2) is 4.79 Å². The highest BCUT2D eigenvalue weighted by Gasteiger charge is 2.55. The smallest absolute Gasteiger partial charge is 0.330 e. The van der Waals surface area contributed by atoms with Crippen LogP contribution in [-0.2, 0) is 35.9 Å². The molecule has 7 atom stereocenters. The van der Waals surface area contributed by atoms with E-state index < -0.39 is 46.6 Å². The van der Waals surface area contributed by atoms with Crippen LogP contribution in [0, 0.1) is 12.8 Å². The predicted molar refractivity (Wildman–Crippen MR) is 215 cm³/mol. The fraction of sp³-hybridized carbons (Fsp3) is 0.415. The number of rotatable bonds is 12. The van der Waals surface area contributed by atoms with Crippen LogP contribution in [0.25, 0.3) is 0 Å². The van der Waals surface area contributed by atoms with Crippen molar-refractivity contribution in [2.24, 2.45) is 5.92 Å². The first kappa shape index (κ1) is 38.8. The predicted octanol–water partition coefficient (Wildman–Crippen LogP) is 8.04. The molecule has 1 aromatic heterocycles. The van der Waals surface area contributed by atoms with E-state index >= 15 is 0 Å². The lowest BCUT2D eigenvalue weighted by Crippen LogP contribution is -2.40. The van der Waals surface area contributed by atoms with E-state index in [1.807, 2.05) is 78.9 Å². The highest BCUT2D eigenvalue weighted by Crippen LogP contribution is 2.75. The number of aromatic amines is 1. The second-order valence-corrected chi connectivity index (χ2v) is 20.8. The fourth-order valence-corrected chi connectivity index (χ4v) is 15.1. The van der Waals surface area contributed by atoms with Gasteiger partial charge in [-0.05, 0) is 98.7 Å². The van der Waals surface area contributed by atoms with Crippen molar-refractivity contribution in [1.29, 1.82) is 0 Å². The van der Waals surface area contributed by atoms with E-state index in [-0.39, 0.29) is 11.9 Å². The van der Waals surface area contributed by atoms with Crippen LogP contribution in [0.2, 0.25) is 0 Å². The Morgan fingerprint density at radius 3 is 2.20 bits per heavy atom. The fourth-order valence-electron chi connectivity index (χ4n) is 7.81. The number of methoxy groups -OCH3 is 2. The van der Waals surface area contributed by atoms with E-state index in [1.54, 1.807) is 32.5 Å². The third-order valence-electron chi connectivity index (χ3n) is 11.0. The molecule has 2 saturated heterocycles. The quantitative estimate of drug-likeness (QED) is 0.0861. The summed E-state index contributed by atoms with van der Waals surface area (Å²) in [5.74, 6) is 1.84. The second-order valence-electron chi connectivity index (χ2n) is 14.6. The minimum absolute atomic E-state index is 0.0592. The summed E-state index contributed by atoms with van der Waals surface area (Å²) in [5.41, 5.74) is -1.21. The van der Waals surface area contributed by atoms with Crippen molar-refractivity contribution in [3.05, 3.63) is 140 Å². The van der Waals surface area contributed by atoms with E-state index in [9.17, 15) is 9.59 Å². The Morgan fingerprint density at radius 1 is 1.00 bits per heavy atom. The summed E-state index contributed by atoms with van der Waals surface area (Å²) in [6, 6.07) is 25.7. The lowest BCUT2D eigenvalue weighted by Gasteiger charge is -2.38. The molecule has 0 amide bonds. The molecule has 0 bridgehead atoms. The summed E-state index contributed by atoms with van der Waals surface area (Å²) in [4.78, 5) is 27.9. The van der Waals surface area contributed by atoms with Crippen molar-refractivity contribution in [2.75, 3.05) is 20.8 Å². The first-order valence-corrected chi connectivity index (χ1v) is 22.3. The van der Waals surface area contributed by atoms with Crippen molar-refractivity contribution >= 4 is 28.9 Å². The SMILES string of the molecule is C=C(C)[C@H]1CC[C@@]2(C)OP(=S)(O[C@H]3C[C@H](n4cc(C)c(=O)[nH]c4=O)O[C@@H]3COC(c3ccccc3)(c3ccc(OC)cc3)c3ccc(OC)cc3)S[C@@H]2C1. The van der Waals surface area contributed by atoms with E-state index in [4.69, 9.17) is 39.8 Å². The maximum absolute atomic E-state index is 13.2. The van der Waals surface area contributed by atoms with Crippen molar-refractivity contribution < 1.29 is 28.0 Å². The largest absolute Gasteiger partial charge is 0.497 e. The van der Waals surface area contributed by atoms with Crippen molar-refractivity contribution in [3.8, 4) is 11.5 Å². The number of aromatic nitrogens is 2. The molecule has 54 heavy (non-hydrogen) atoms. The van der Waals surface area contributed by atoms with Crippen LogP contribution in [0.15, 0.2) is 107 Å². The average molecular weight is 791 g/mol. The van der Waals surface area contributed by atoms with Crippen LogP contribution in [0.3, 0.4) is 0 Å². The molecule has 10 nitrogen and oxygen atoms in total. The molecule has 1 N–H and O–H groups in total. The maximum Gasteiger partial charge on any atom is 0.330 e. The summed E-state index contributed by atoms with van der Waals surface area (Å²) < 4.78 is 40.1. The van der Waals surface area contributed by atoms with Gasteiger partial charge in [0.25, 0.3) is 5.56 Å². The number of H-pyrrole nitrogens is 1.